The Morgan fingerprint density at radius 3 is 2.30 bits per heavy atom. The monoisotopic (exact) mass is 373 g/mol. The van der Waals surface area contributed by atoms with E-state index in [1.807, 2.05) is 0 Å². The van der Waals surface area contributed by atoms with E-state index in [2.05, 4.69) is 10.1 Å². The Bertz CT molecular complexity index is 736. The molecule has 1 amide bonds. The van der Waals surface area contributed by atoms with Gasteiger partial charge < -0.3 is 14.8 Å². The van der Waals surface area contributed by atoms with Crippen molar-refractivity contribution in [2.24, 2.45) is 5.92 Å². The number of benzene rings is 1. The van der Waals surface area contributed by atoms with Crippen LogP contribution in [0.4, 0.5) is 0 Å². The molecule has 0 heterocycles. The highest BCUT2D eigenvalue weighted by atomic mass is 16.5. The number of Topliss-reactive ketones (excluding diaryl/α,β-unsaturated/α-hetero) is 1. The number of hydrogen-bond donors (Lipinski definition) is 1. The molecule has 1 aromatic carbocycles. The second kappa shape index (κ2) is 11.4. The van der Waals surface area contributed by atoms with Crippen LogP contribution in [-0.2, 0) is 23.9 Å². The number of esters is 2. The molecule has 144 valence electrons. The van der Waals surface area contributed by atoms with Gasteiger partial charge >= 0.3 is 11.9 Å². The number of nitrogens with one attached hydrogen (secondary N) is 1. The van der Waals surface area contributed by atoms with Crippen LogP contribution >= 0.6 is 0 Å². The Morgan fingerprint density at radius 1 is 1.07 bits per heavy atom. The third-order valence-electron chi connectivity index (χ3n) is 3.60. The largest absolute Gasteiger partial charge is 0.469 e. The van der Waals surface area contributed by atoms with E-state index in [1.54, 1.807) is 36.4 Å². The van der Waals surface area contributed by atoms with Gasteiger partial charge in [-0.3, -0.25) is 14.4 Å². The second-order valence-electron chi connectivity index (χ2n) is 5.63. The van der Waals surface area contributed by atoms with Crippen LogP contribution in [0.3, 0.4) is 0 Å². The number of allylic oxidation sites excluding steroid dienone is 3. The number of hydrogen-bond acceptors (Lipinski definition) is 6. The minimum atomic E-state index is -0.696. The molecule has 1 aromatic rings. The minimum absolute atomic E-state index is 0.000293. The Hall–Kier alpha value is -3.22. The van der Waals surface area contributed by atoms with Crippen LogP contribution in [0.25, 0.3) is 0 Å². The smallest absolute Gasteiger partial charge is 0.354 e. The van der Waals surface area contributed by atoms with Crippen molar-refractivity contribution >= 4 is 23.6 Å². The van der Waals surface area contributed by atoms with Crippen molar-refractivity contribution in [1.82, 2.24) is 5.32 Å². The summed E-state index contributed by atoms with van der Waals surface area (Å²) in [7, 11) is 2.46. The predicted molar refractivity (Wildman–Crippen MR) is 98.6 cm³/mol. The maximum atomic E-state index is 12.3. The van der Waals surface area contributed by atoms with E-state index in [0.717, 1.165) is 0 Å². The van der Waals surface area contributed by atoms with E-state index in [4.69, 9.17) is 4.74 Å². The number of carbonyl (C=O) groups excluding carboxylic acids is 4. The van der Waals surface area contributed by atoms with Crippen LogP contribution < -0.4 is 5.32 Å². The summed E-state index contributed by atoms with van der Waals surface area (Å²) in [5.74, 6) is -2.43. The Morgan fingerprint density at radius 2 is 1.74 bits per heavy atom. The number of methoxy groups -OCH3 is 2. The molecule has 0 aliphatic carbocycles. The average molecular weight is 373 g/mol. The highest BCUT2D eigenvalue weighted by molar-refractivity contribution is 5.98. The molecule has 0 radical (unpaired) electrons. The first-order valence-corrected chi connectivity index (χ1v) is 8.27. The van der Waals surface area contributed by atoms with Crippen LogP contribution in [0.1, 0.15) is 30.1 Å². The Kier molecular flexibility index (Phi) is 9.22. The molecular formula is C20H23NO6. The molecular weight excluding hydrogens is 350 g/mol. The van der Waals surface area contributed by atoms with Gasteiger partial charge in [-0.05, 0) is 12.5 Å². The van der Waals surface area contributed by atoms with Gasteiger partial charge in [-0.15, -0.1) is 0 Å². The molecule has 0 saturated carbocycles. The molecule has 1 N–H and O–H groups in total. The van der Waals surface area contributed by atoms with Gasteiger partial charge in [0.15, 0.2) is 5.78 Å². The van der Waals surface area contributed by atoms with Crippen molar-refractivity contribution in [1.29, 1.82) is 0 Å². The number of ketones is 1. The van der Waals surface area contributed by atoms with Gasteiger partial charge in [0.2, 0.25) is 5.91 Å². The van der Waals surface area contributed by atoms with Gasteiger partial charge in [-0.25, -0.2) is 4.79 Å². The molecule has 0 aliphatic rings. The zero-order valence-corrected chi connectivity index (χ0v) is 15.6. The number of ether oxygens (including phenoxy) is 2. The lowest BCUT2D eigenvalue weighted by atomic mass is 9.95. The third kappa shape index (κ3) is 7.68. The predicted octanol–water partition coefficient (Wildman–Crippen LogP) is 2.19. The van der Waals surface area contributed by atoms with Crippen molar-refractivity contribution in [2.45, 2.75) is 19.8 Å². The fourth-order valence-corrected chi connectivity index (χ4v) is 2.26. The summed E-state index contributed by atoms with van der Waals surface area (Å²) in [5, 5.41) is 2.36. The van der Waals surface area contributed by atoms with Crippen LogP contribution in [-0.4, -0.2) is 37.8 Å². The minimum Gasteiger partial charge on any atom is -0.469 e. The molecule has 7 heteroatoms. The quantitative estimate of drug-likeness (QED) is 0.308. The lowest BCUT2D eigenvalue weighted by Gasteiger charge is -2.11. The zero-order chi connectivity index (χ0) is 20.2. The van der Waals surface area contributed by atoms with E-state index < -0.39 is 23.8 Å². The maximum Gasteiger partial charge on any atom is 0.354 e. The van der Waals surface area contributed by atoms with Crippen molar-refractivity contribution in [3.8, 4) is 0 Å². The SMILES string of the molecule is COC(=O)/C(=C/C=C/C[C@H](CC(=O)c1ccccc1)C(=O)OC)NC(C)=O. The van der Waals surface area contributed by atoms with Crippen molar-refractivity contribution in [3.05, 3.63) is 59.8 Å². The standard InChI is InChI=1S/C20H23NO6/c1-14(22)21-17(20(25)27-3)12-8-7-11-16(19(24)26-2)13-18(23)15-9-5-4-6-10-15/h4-10,12,16H,11,13H2,1-3H3,(H,21,22)/b8-7+,17-12-/t16-/m1/s1. The summed E-state index contributed by atoms with van der Waals surface area (Å²) in [6.07, 6.45) is 4.72. The maximum absolute atomic E-state index is 12.3. The second-order valence-corrected chi connectivity index (χ2v) is 5.63. The lowest BCUT2D eigenvalue weighted by Crippen LogP contribution is -2.25. The van der Waals surface area contributed by atoms with Gasteiger partial charge in [0.05, 0.1) is 20.1 Å². The number of amides is 1. The molecule has 0 saturated heterocycles. The summed E-state index contributed by atoms with van der Waals surface area (Å²) in [6, 6.07) is 8.68. The molecule has 0 spiro atoms. The fourth-order valence-electron chi connectivity index (χ4n) is 2.26. The number of rotatable bonds is 9. The van der Waals surface area contributed by atoms with E-state index in [0.29, 0.717) is 5.56 Å². The highest BCUT2D eigenvalue weighted by Gasteiger charge is 2.22. The molecule has 1 rings (SSSR count). The first kappa shape index (κ1) is 21.8. The van der Waals surface area contributed by atoms with E-state index >= 15 is 0 Å². The average Bonchev–Trinajstić information content (AvgIpc) is 2.68. The lowest BCUT2D eigenvalue weighted by molar-refractivity contribution is -0.145. The van der Waals surface area contributed by atoms with E-state index in [-0.39, 0.29) is 24.3 Å². The van der Waals surface area contributed by atoms with Crippen molar-refractivity contribution in [3.63, 3.8) is 0 Å². The topological polar surface area (TPSA) is 98.8 Å². The van der Waals surface area contributed by atoms with Gasteiger partial charge in [-0.2, -0.15) is 0 Å². The molecule has 0 bridgehead atoms. The zero-order valence-electron chi connectivity index (χ0n) is 15.6. The molecule has 0 aliphatic heterocycles. The fraction of sp³-hybridized carbons (Fsp3) is 0.300. The van der Waals surface area contributed by atoms with Crippen LogP contribution in [0.2, 0.25) is 0 Å². The summed E-state index contributed by atoms with van der Waals surface area (Å²) in [5.41, 5.74) is 0.491. The van der Waals surface area contributed by atoms with Crippen LogP contribution in [0.15, 0.2) is 54.3 Å². The molecule has 0 fully saturated rings. The summed E-state index contributed by atoms with van der Waals surface area (Å²) < 4.78 is 9.34. The van der Waals surface area contributed by atoms with E-state index in [1.165, 1.54) is 33.3 Å². The molecule has 7 nitrogen and oxygen atoms in total. The Labute approximate surface area is 158 Å². The van der Waals surface area contributed by atoms with Gasteiger partial charge in [0.25, 0.3) is 0 Å². The summed E-state index contributed by atoms with van der Waals surface area (Å²) >= 11 is 0. The normalized spacial score (nSPS) is 12.3. The van der Waals surface area contributed by atoms with Gasteiger partial charge in [0.1, 0.15) is 5.70 Å². The molecule has 0 unspecified atom stereocenters. The Balaban J connectivity index is 2.81. The molecule has 0 aromatic heterocycles. The van der Waals surface area contributed by atoms with Crippen LogP contribution in [0.5, 0.6) is 0 Å². The molecule has 27 heavy (non-hydrogen) atoms. The summed E-state index contributed by atoms with van der Waals surface area (Å²) in [4.78, 5) is 47.0. The summed E-state index contributed by atoms with van der Waals surface area (Å²) in [6.45, 7) is 1.27. The first-order chi connectivity index (χ1) is 12.9. The first-order valence-electron chi connectivity index (χ1n) is 8.27. The van der Waals surface area contributed by atoms with Gasteiger partial charge in [0, 0.05) is 18.9 Å². The van der Waals surface area contributed by atoms with Crippen LogP contribution in [0, 0.1) is 5.92 Å². The van der Waals surface area contributed by atoms with E-state index in [9.17, 15) is 19.2 Å². The van der Waals surface area contributed by atoms with Gasteiger partial charge in [-0.1, -0.05) is 42.5 Å². The van der Waals surface area contributed by atoms with Crippen molar-refractivity contribution in [2.75, 3.05) is 14.2 Å². The molecule has 1 atom stereocenters. The van der Waals surface area contributed by atoms with Crippen molar-refractivity contribution < 1.29 is 28.7 Å². The highest BCUT2D eigenvalue weighted by Crippen LogP contribution is 2.16. The number of carbonyl (C=O) groups is 4. The third-order valence-corrected chi connectivity index (χ3v) is 3.60.